The lowest BCUT2D eigenvalue weighted by Gasteiger charge is -2.12. The molecule has 3 nitrogen and oxygen atoms in total. The van der Waals surface area contributed by atoms with Gasteiger partial charge in [0.15, 0.2) is 0 Å². The average molecular weight is 235 g/mol. The lowest BCUT2D eigenvalue weighted by molar-refractivity contribution is -0.122. The van der Waals surface area contributed by atoms with Gasteiger partial charge in [-0.1, -0.05) is 30.3 Å². The summed E-state index contributed by atoms with van der Waals surface area (Å²) in [5.41, 5.74) is 1.28. The van der Waals surface area contributed by atoms with Gasteiger partial charge in [-0.3, -0.25) is 4.79 Å². The van der Waals surface area contributed by atoms with E-state index in [-0.39, 0.29) is 11.9 Å². The van der Waals surface area contributed by atoms with E-state index in [2.05, 4.69) is 17.4 Å². The zero-order valence-corrected chi connectivity index (χ0v) is 10.6. The number of hydrogen-bond acceptors (Lipinski definition) is 2. The molecule has 0 aliphatic heterocycles. The SMILES string of the molecule is COC[C@H](C)NC(=O)CCCc1ccccc1. The lowest BCUT2D eigenvalue weighted by atomic mass is 10.1. The Kier molecular flexibility index (Phi) is 6.33. The van der Waals surface area contributed by atoms with E-state index in [0.29, 0.717) is 13.0 Å². The summed E-state index contributed by atoms with van der Waals surface area (Å²) in [5, 5.41) is 2.90. The number of nitrogens with one attached hydrogen (secondary N) is 1. The number of benzene rings is 1. The second kappa shape index (κ2) is 7.85. The van der Waals surface area contributed by atoms with Crippen LogP contribution in [0, 0.1) is 0 Å². The number of rotatable bonds is 7. The molecule has 0 aliphatic rings. The molecule has 0 unspecified atom stereocenters. The number of ether oxygens (including phenoxy) is 1. The van der Waals surface area contributed by atoms with E-state index in [9.17, 15) is 4.79 Å². The number of hydrogen-bond donors (Lipinski definition) is 1. The monoisotopic (exact) mass is 235 g/mol. The fourth-order valence-corrected chi connectivity index (χ4v) is 1.74. The predicted octanol–water partition coefficient (Wildman–Crippen LogP) is 2.16. The zero-order valence-electron chi connectivity index (χ0n) is 10.6. The zero-order chi connectivity index (χ0) is 12.5. The Hall–Kier alpha value is -1.35. The molecule has 0 aromatic heterocycles. The van der Waals surface area contributed by atoms with Crippen LogP contribution in [-0.4, -0.2) is 25.7 Å². The summed E-state index contributed by atoms with van der Waals surface area (Å²) in [5.74, 6) is 0.102. The minimum Gasteiger partial charge on any atom is -0.383 e. The molecule has 1 amide bonds. The van der Waals surface area contributed by atoms with E-state index in [1.807, 2.05) is 25.1 Å². The fraction of sp³-hybridized carbons (Fsp3) is 0.500. The van der Waals surface area contributed by atoms with Crippen LogP contribution in [0.4, 0.5) is 0 Å². The second-order valence-electron chi connectivity index (χ2n) is 4.26. The van der Waals surface area contributed by atoms with Gasteiger partial charge in [0.1, 0.15) is 0 Å². The number of aryl methyl sites for hydroxylation is 1. The van der Waals surface area contributed by atoms with E-state index in [1.165, 1.54) is 5.56 Å². The maximum Gasteiger partial charge on any atom is 0.220 e. The van der Waals surface area contributed by atoms with Crippen molar-refractivity contribution in [1.29, 1.82) is 0 Å². The smallest absolute Gasteiger partial charge is 0.220 e. The van der Waals surface area contributed by atoms with Crippen LogP contribution in [0.5, 0.6) is 0 Å². The van der Waals surface area contributed by atoms with Crippen molar-refractivity contribution in [3.8, 4) is 0 Å². The molecule has 0 bridgehead atoms. The molecule has 0 heterocycles. The normalized spacial score (nSPS) is 12.1. The van der Waals surface area contributed by atoms with Gasteiger partial charge < -0.3 is 10.1 Å². The maximum atomic E-state index is 11.6. The predicted molar refractivity (Wildman–Crippen MR) is 68.9 cm³/mol. The van der Waals surface area contributed by atoms with Gasteiger partial charge in [-0.15, -0.1) is 0 Å². The van der Waals surface area contributed by atoms with E-state index in [0.717, 1.165) is 12.8 Å². The number of amides is 1. The van der Waals surface area contributed by atoms with Gasteiger partial charge in [0.05, 0.1) is 6.61 Å². The van der Waals surface area contributed by atoms with Crippen molar-refractivity contribution in [2.45, 2.75) is 32.2 Å². The third kappa shape index (κ3) is 6.07. The van der Waals surface area contributed by atoms with Crippen molar-refractivity contribution in [2.24, 2.45) is 0 Å². The molecule has 1 N–H and O–H groups in total. The highest BCUT2D eigenvalue weighted by Gasteiger charge is 2.06. The number of carbonyl (C=O) groups is 1. The van der Waals surface area contributed by atoms with Crippen molar-refractivity contribution >= 4 is 5.91 Å². The third-order valence-corrected chi connectivity index (χ3v) is 2.54. The quantitative estimate of drug-likeness (QED) is 0.786. The molecule has 0 aliphatic carbocycles. The number of methoxy groups -OCH3 is 1. The van der Waals surface area contributed by atoms with E-state index >= 15 is 0 Å². The molecule has 1 rings (SSSR count). The molecule has 0 saturated heterocycles. The average Bonchev–Trinajstić information content (AvgIpc) is 2.30. The van der Waals surface area contributed by atoms with Crippen LogP contribution in [-0.2, 0) is 16.0 Å². The van der Waals surface area contributed by atoms with E-state index in [1.54, 1.807) is 7.11 Å². The van der Waals surface area contributed by atoms with Crippen LogP contribution >= 0.6 is 0 Å². The summed E-state index contributed by atoms with van der Waals surface area (Å²) in [6.07, 6.45) is 2.41. The molecular formula is C14H21NO2. The first kappa shape index (κ1) is 13.7. The third-order valence-electron chi connectivity index (χ3n) is 2.54. The standard InChI is InChI=1S/C14H21NO2/c1-12(11-17-2)15-14(16)10-6-9-13-7-4-3-5-8-13/h3-5,7-8,12H,6,9-11H2,1-2H3,(H,15,16)/t12-/m0/s1. The molecule has 0 radical (unpaired) electrons. The Morgan fingerprint density at radius 3 is 2.71 bits per heavy atom. The van der Waals surface area contributed by atoms with Crippen LogP contribution in [0.1, 0.15) is 25.3 Å². The Morgan fingerprint density at radius 2 is 2.06 bits per heavy atom. The van der Waals surface area contributed by atoms with Gasteiger partial charge >= 0.3 is 0 Å². The van der Waals surface area contributed by atoms with Gasteiger partial charge in [0.2, 0.25) is 5.91 Å². The van der Waals surface area contributed by atoms with Gasteiger partial charge in [0, 0.05) is 19.6 Å². The highest BCUT2D eigenvalue weighted by Crippen LogP contribution is 2.04. The molecule has 94 valence electrons. The van der Waals surface area contributed by atoms with Gasteiger partial charge in [-0.25, -0.2) is 0 Å². The molecular weight excluding hydrogens is 214 g/mol. The second-order valence-corrected chi connectivity index (χ2v) is 4.26. The summed E-state index contributed by atoms with van der Waals surface area (Å²) in [4.78, 5) is 11.6. The lowest BCUT2D eigenvalue weighted by Crippen LogP contribution is -2.35. The van der Waals surface area contributed by atoms with Crippen LogP contribution in [0.3, 0.4) is 0 Å². The molecule has 17 heavy (non-hydrogen) atoms. The van der Waals surface area contributed by atoms with Crippen molar-refractivity contribution in [3.63, 3.8) is 0 Å². The van der Waals surface area contributed by atoms with E-state index in [4.69, 9.17) is 4.74 Å². The molecule has 0 saturated carbocycles. The Morgan fingerprint density at radius 1 is 1.35 bits per heavy atom. The van der Waals surface area contributed by atoms with Crippen molar-refractivity contribution in [2.75, 3.05) is 13.7 Å². The van der Waals surface area contributed by atoms with Crippen LogP contribution in [0.2, 0.25) is 0 Å². The molecule has 1 atom stereocenters. The summed E-state index contributed by atoms with van der Waals surface area (Å²) in [7, 11) is 1.64. The fourth-order valence-electron chi connectivity index (χ4n) is 1.74. The van der Waals surface area contributed by atoms with Crippen molar-refractivity contribution in [1.82, 2.24) is 5.32 Å². The Bertz CT molecular complexity index is 324. The summed E-state index contributed by atoms with van der Waals surface area (Å²) in [6.45, 7) is 2.50. The Balaban J connectivity index is 2.16. The minimum absolute atomic E-state index is 0.0872. The van der Waals surface area contributed by atoms with Crippen LogP contribution in [0.25, 0.3) is 0 Å². The first-order valence-corrected chi connectivity index (χ1v) is 6.04. The maximum absolute atomic E-state index is 11.6. The minimum atomic E-state index is 0.0872. The first-order chi connectivity index (χ1) is 8.22. The summed E-state index contributed by atoms with van der Waals surface area (Å²) >= 11 is 0. The molecule has 1 aromatic carbocycles. The van der Waals surface area contributed by atoms with Gasteiger partial charge in [0.25, 0.3) is 0 Å². The van der Waals surface area contributed by atoms with Gasteiger partial charge in [-0.05, 0) is 25.3 Å². The highest BCUT2D eigenvalue weighted by molar-refractivity contribution is 5.76. The van der Waals surface area contributed by atoms with Crippen LogP contribution < -0.4 is 5.32 Å². The first-order valence-electron chi connectivity index (χ1n) is 6.04. The van der Waals surface area contributed by atoms with Crippen molar-refractivity contribution in [3.05, 3.63) is 35.9 Å². The Labute approximate surface area is 103 Å². The summed E-state index contributed by atoms with van der Waals surface area (Å²) < 4.78 is 4.96. The number of carbonyl (C=O) groups excluding carboxylic acids is 1. The van der Waals surface area contributed by atoms with Crippen LogP contribution in [0.15, 0.2) is 30.3 Å². The molecule has 1 aromatic rings. The largest absolute Gasteiger partial charge is 0.383 e. The van der Waals surface area contributed by atoms with Crippen molar-refractivity contribution < 1.29 is 9.53 Å². The molecule has 3 heteroatoms. The topological polar surface area (TPSA) is 38.3 Å². The van der Waals surface area contributed by atoms with E-state index < -0.39 is 0 Å². The molecule has 0 spiro atoms. The highest BCUT2D eigenvalue weighted by atomic mass is 16.5. The molecule has 0 fully saturated rings. The van der Waals surface area contributed by atoms with Gasteiger partial charge in [-0.2, -0.15) is 0 Å². The summed E-state index contributed by atoms with van der Waals surface area (Å²) in [6, 6.07) is 10.3.